The first-order valence-corrected chi connectivity index (χ1v) is 12.9. The molecule has 1 aromatic heterocycles. The predicted molar refractivity (Wildman–Crippen MR) is 133 cm³/mol. The van der Waals surface area contributed by atoms with Gasteiger partial charge in [-0.15, -0.1) is 0 Å². The molecule has 0 spiro atoms. The van der Waals surface area contributed by atoms with E-state index in [4.69, 9.17) is 11.6 Å². The molecule has 0 fully saturated rings. The van der Waals surface area contributed by atoms with Gasteiger partial charge in [0.1, 0.15) is 5.69 Å². The van der Waals surface area contributed by atoms with Crippen molar-refractivity contribution in [2.75, 3.05) is 0 Å². The van der Waals surface area contributed by atoms with E-state index in [1.54, 1.807) is 50.6 Å². The number of carboxylic acid groups (broad SMARTS) is 1. The maximum atomic E-state index is 13.1. The van der Waals surface area contributed by atoms with Crippen molar-refractivity contribution in [1.29, 1.82) is 0 Å². The molecule has 3 aromatic rings. The number of carbonyl (C=O) groups is 2. The van der Waals surface area contributed by atoms with Crippen LogP contribution in [0.1, 0.15) is 61.3 Å². The third-order valence-electron chi connectivity index (χ3n) is 6.57. The summed E-state index contributed by atoms with van der Waals surface area (Å²) in [7, 11) is -2.30. The van der Waals surface area contributed by atoms with Gasteiger partial charge in [-0.2, -0.15) is 0 Å². The summed E-state index contributed by atoms with van der Waals surface area (Å²) in [4.78, 5) is 24.8. The van der Waals surface area contributed by atoms with E-state index in [2.05, 4.69) is 5.32 Å². The van der Waals surface area contributed by atoms with Gasteiger partial charge in [0.15, 0.2) is 14.6 Å². The van der Waals surface area contributed by atoms with Crippen LogP contribution in [-0.4, -0.2) is 34.7 Å². The number of benzene rings is 2. The number of nitrogens with zero attached hydrogens (tertiary/aromatic N) is 1. The maximum absolute atomic E-state index is 13.1. The van der Waals surface area contributed by atoms with Crippen molar-refractivity contribution in [3.05, 3.63) is 64.3 Å². The van der Waals surface area contributed by atoms with Crippen molar-refractivity contribution in [1.82, 2.24) is 9.88 Å². The smallest absolute Gasteiger partial charge is 0.325 e. The molecule has 182 valence electrons. The molecule has 1 amide bonds. The molecule has 0 bridgehead atoms. The van der Waals surface area contributed by atoms with Crippen LogP contribution in [0.15, 0.2) is 47.4 Å². The first-order valence-electron chi connectivity index (χ1n) is 11.0. The number of aryl methyl sites for hydroxylation is 2. The average Bonchev–Trinajstić information content (AvgIpc) is 3.11. The molecule has 1 heterocycles. The minimum absolute atomic E-state index is 0.0378. The maximum Gasteiger partial charge on any atom is 0.325 e. The fourth-order valence-corrected chi connectivity index (χ4v) is 6.56. The number of aromatic nitrogens is 1. The number of sulfone groups is 1. The quantitative estimate of drug-likeness (QED) is 0.446. The summed E-state index contributed by atoms with van der Waals surface area (Å²) < 4.78 is 26.1. The lowest BCUT2D eigenvalue weighted by Gasteiger charge is -2.26. The molecule has 9 heteroatoms. The van der Waals surface area contributed by atoms with Crippen molar-refractivity contribution < 1.29 is 23.1 Å². The van der Waals surface area contributed by atoms with Crippen LogP contribution in [0, 0.1) is 6.92 Å². The highest BCUT2D eigenvalue weighted by atomic mass is 35.5. The number of rotatable bonds is 8. The number of carboxylic acids is 1. The molecule has 1 unspecified atom stereocenters. The molecule has 0 aliphatic heterocycles. The van der Waals surface area contributed by atoms with Gasteiger partial charge in [0.05, 0.1) is 21.5 Å². The van der Waals surface area contributed by atoms with Gasteiger partial charge in [-0.3, -0.25) is 9.59 Å². The Kier molecular flexibility index (Phi) is 7.15. The van der Waals surface area contributed by atoms with Crippen LogP contribution in [0.5, 0.6) is 0 Å². The Balaban J connectivity index is 1.86. The largest absolute Gasteiger partial charge is 0.480 e. The van der Waals surface area contributed by atoms with Crippen LogP contribution in [-0.2, 0) is 21.7 Å². The van der Waals surface area contributed by atoms with Crippen LogP contribution < -0.4 is 5.32 Å². The second-order valence-corrected chi connectivity index (χ2v) is 11.2. The van der Waals surface area contributed by atoms with Crippen molar-refractivity contribution >= 4 is 44.2 Å². The normalized spacial score (nSPS) is 13.1. The van der Waals surface area contributed by atoms with Gasteiger partial charge >= 0.3 is 5.97 Å². The SMILES string of the molecule is CCC(CC)(C(=O)O)S(=O)(=O)c1ccc(C(C)NC(=O)c2cc3c(Cl)cc(C)cc3n2C)cc1. The summed E-state index contributed by atoms with van der Waals surface area (Å²) in [6.45, 7) is 6.84. The van der Waals surface area contributed by atoms with Crippen LogP contribution in [0.3, 0.4) is 0 Å². The van der Waals surface area contributed by atoms with Crippen LogP contribution in [0.2, 0.25) is 5.02 Å². The molecule has 7 nitrogen and oxygen atoms in total. The monoisotopic (exact) mass is 504 g/mol. The number of nitrogens with one attached hydrogen (secondary N) is 1. The topological polar surface area (TPSA) is 105 Å². The zero-order valence-electron chi connectivity index (χ0n) is 19.8. The third kappa shape index (κ3) is 4.20. The van der Waals surface area contributed by atoms with Crippen LogP contribution in [0.25, 0.3) is 10.9 Å². The number of hydrogen-bond donors (Lipinski definition) is 2. The van der Waals surface area contributed by atoms with Crippen molar-refractivity contribution in [3.63, 3.8) is 0 Å². The summed E-state index contributed by atoms with van der Waals surface area (Å²) in [6.07, 6.45) is -0.0755. The molecule has 2 aromatic carbocycles. The van der Waals surface area contributed by atoms with E-state index in [1.165, 1.54) is 12.1 Å². The Morgan fingerprint density at radius 1 is 1.12 bits per heavy atom. The molecule has 1 atom stereocenters. The van der Waals surface area contributed by atoms with E-state index in [9.17, 15) is 23.1 Å². The summed E-state index contributed by atoms with van der Waals surface area (Å²) in [5.41, 5.74) is 2.98. The van der Waals surface area contributed by atoms with E-state index in [-0.39, 0.29) is 23.6 Å². The summed E-state index contributed by atoms with van der Waals surface area (Å²) in [5, 5.41) is 13.9. The lowest BCUT2D eigenvalue weighted by molar-refractivity contribution is -0.140. The van der Waals surface area contributed by atoms with Gasteiger partial charge in [0.2, 0.25) is 0 Å². The Bertz CT molecular complexity index is 1360. The summed E-state index contributed by atoms with van der Waals surface area (Å²) >= 11 is 6.35. The van der Waals surface area contributed by atoms with E-state index in [0.29, 0.717) is 16.3 Å². The number of hydrogen-bond acceptors (Lipinski definition) is 4. The van der Waals surface area contributed by atoms with Crippen molar-refractivity contribution in [2.45, 2.75) is 56.2 Å². The fourth-order valence-electron chi connectivity index (χ4n) is 4.30. The lowest BCUT2D eigenvalue weighted by atomic mass is 10.0. The molecule has 3 rings (SSSR count). The predicted octanol–water partition coefficient (Wildman–Crippen LogP) is 5.05. The molecule has 34 heavy (non-hydrogen) atoms. The van der Waals surface area contributed by atoms with Crippen LogP contribution >= 0.6 is 11.6 Å². The average molecular weight is 505 g/mol. The molecule has 2 N–H and O–H groups in total. The first kappa shape index (κ1) is 25.8. The minimum Gasteiger partial charge on any atom is -0.480 e. The number of carbonyl (C=O) groups excluding carboxylic acids is 1. The van der Waals surface area contributed by atoms with E-state index < -0.39 is 26.6 Å². The van der Waals surface area contributed by atoms with Crippen molar-refractivity contribution in [3.8, 4) is 0 Å². The summed E-state index contributed by atoms with van der Waals surface area (Å²) in [6, 6.07) is 11.1. The molecular formula is C25H29ClN2O5S. The minimum atomic E-state index is -4.10. The second-order valence-electron chi connectivity index (χ2n) is 8.54. The Morgan fingerprint density at radius 2 is 1.71 bits per heavy atom. The highest BCUT2D eigenvalue weighted by Crippen LogP contribution is 2.33. The van der Waals surface area contributed by atoms with Gasteiger partial charge in [0.25, 0.3) is 5.91 Å². The molecule has 0 saturated carbocycles. The number of fused-ring (bicyclic) bond motifs is 1. The molecule has 0 aliphatic carbocycles. The van der Waals surface area contributed by atoms with Gasteiger partial charge in [-0.25, -0.2) is 8.42 Å². The van der Waals surface area contributed by atoms with Crippen LogP contribution in [0.4, 0.5) is 0 Å². The Labute approximate surface area is 204 Å². The number of halogens is 1. The van der Waals surface area contributed by atoms with E-state index in [1.807, 2.05) is 19.1 Å². The van der Waals surface area contributed by atoms with E-state index in [0.717, 1.165) is 16.5 Å². The van der Waals surface area contributed by atoms with Gasteiger partial charge < -0.3 is 15.0 Å². The Hall–Kier alpha value is -2.84. The number of aliphatic carboxylic acids is 1. The van der Waals surface area contributed by atoms with Gasteiger partial charge in [0, 0.05) is 12.4 Å². The third-order valence-corrected chi connectivity index (χ3v) is 9.56. The molecule has 0 aliphatic rings. The molecule has 0 radical (unpaired) electrons. The first-order chi connectivity index (χ1) is 15.9. The standard InChI is InChI=1S/C25H29ClN2O5S/c1-6-25(7-2,24(30)31)34(32,33)18-10-8-17(9-11-18)16(4)27-23(29)22-14-19-20(26)12-15(3)13-21(19)28(22)5/h8-14,16H,6-7H2,1-5H3,(H,27,29)(H,30,31). The fraction of sp³-hybridized carbons (Fsp3) is 0.360. The molecule has 0 saturated heterocycles. The number of amides is 1. The van der Waals surface area contributed by atoms with Gasteiger partial charge in [-0.1, -0.05) is 37.6 Å². The summed E-state index contributed by atoms with van der Waals surface area (Å²) in [5.74, 6) is -1.65. The van der Waals surface area contributed by atoms with E-state index >= 15 is 0 Å². The highest BCUT2D eigenvalue weighted by Gasteiger charge is 2.48. The molecular weight excluding hydrogens is 476 g/mol. The van der Waals surface area contributed by atoms with Gasteiger partial charge in [-0.05, 0) is 68.1 Å². The lowest BCUT2D eigenvalue weighted by Crippen LogP contribution is -2.45. The second kappa shape index (κ2) is 9.43. The Morgan fingerprint density at radius 3 is 2.24 bits per heavy atom. The van der Waals surface area contributed by atoms with Crippen molar-refractivity contribution in [2.24, 2.45) is 7.05 Å². The highest BCUT2D eigenvalue weighted by molar-refractivity contribution is 7.93. The zero-order chi connectivity index (χ0) is 25.4. The zero-order valence-corrected chi connectivity index (χ0v) is 21.4.